The summed E-state index contributed by atoms with van der Waals surface area (Å²) in [4.78, 5) is 16.0. The first kappa shape index (κ1) is 19.8. The number of nitrogens with two attached hydrogens (primary N) is 1. The van der Waals surface area contributed by atoms with Gasteiger partial charge in [0.1, 0.15) is 11.5 Å². The smallest absolute Gasteiger partial charge is 0.138 e. The fourth-order valence-electron chi connectivity index (χ4n) is 3.65. The highest BCUT2D eigenvalue weighted by Gasteiger charge is 2.18. The van der Waals surface area contributed by atoms with Crippen molar-refractivity contribution in [2.45, 2.75) is 20.4 Å². The molecule has 6 heteroatoms. The van der Waals surface area contributed by atoms with Gasteiger partial charge in [-0.05, 0) is 44.7 Å². The van der Waals surface area contributed by atoms with Crippen LogP contribution < -0.4 is 5.73 Å². The lowest BCUT2D eigenvalue weighted by Gasteiger charge is -2.16. The molecule has 4 rings (SSSR count). The molecule has 0 atom stereocenters. The molecule has 152 valence electrons. The van der Waals surface area contributed by atoms with Crippen molar-refractivity contribution in [3.05, 3.63) is 84.1 Å². The number of hydrogen-bond donors (Lipinski definition) is 1. The van der Waals surface area contributed by atoms with Gasteiger partial charge >= 0.3 is 0 Å². The average molecular weight is 399 g/mol. The van der Waals surface area contributed by atoms with E-state index in [4.69, 9.17) is 10.7 Å². The Balaban J connectivity index is 1.84. The number of nitrogens with zero attached hydrogens (tertiary/aromatic N) is 5. The van der Waals surface area contributed by atoms with Crippen molar-refractivity contribution < 1.29 is 0 Å². The van der Waals surface area contributed by atoms with Gasteiger partial charge in [0.25, 0.3) is 0 Å². The summed E-state index contributed by atoms with van der Waals surface area (Å²) in [6, 6.07) is 14.6. The van der Waals surface area contributed by atoms with E-state index in [1.54, 1.807) is 6.20 Å². The lowest BCUT2D eigenvalue weighted by atomic mass is 10.1. The SMILES string of the molecule is C=C(N)CN(C)Cc1ccn2c(-c3ccnc(C)n3)c(-c3ccc(C)cc3)nc2c1. The Morgan fingerprint density at radius 2 is 1.87 bits per heavy atom. The summed E-state index contributed by atoms with van der Waals surface area (Å²) < 4.78 is 2.10. The first-order valence-electron chi connectivity index (χ1n) is 9.90. The zero-order valence-corrected chi connectivity index (χ0v) is 17.6. The number of aromatic nitrogens is 4. The molecule has 0 bridgehead atoms. The Bertz CT molecular complexity index is 1210. The number of benzene rings is 1. The van der Waals surface area contributed by atoms with E-state index in [9.17, 15) is 0 Å². The standard InChI is InChI=1S/C24H26N6/c1-16-5-7-20(8-6-16)23-24(21-9-11-26-18(3)27-21)30-12-10-19(13-22(30)28-23)15-29(4)14-17(2)25/h5-13H,2,14-15,25H2,1,3-4H3. The Kier molecular flexibility index (Phi) is 5.33. The molecule has 3 aromatic heterocycles. The van der Waals surface area contributed by atoms with Gasteiger partial charge in [0.2, 0.25) is 0 Å². The largest absolute Gasteiger partial charge is 0.401 e. The molecule has 30 heavy (non-hydrogen) atoms. The van der Waals surface area contributed by atoms with Gasteiger partial charge in [0, 0.05) is 36.7 Å². The number of hydrogen-bond acceptors (Lipinski definition) is 5. The van der Waals surface area contributed by atoms with E-state index in [1.807, 2.05) is 20.0 Å². The molecule has 0 aliphatic rings. The third-order valence-electron chi connectivity index (χ3n) is 4.96. The van der Waals surface area contributed by atoms with Gasteiger partial charge in [0.15, 0.2) is 0 Å². The molecule has 0 spiro atoms. The van der Waals surface area contributed by atoms with E-state index >= 15 is 0 Å². The monoisotopic (exact) mass is 398 g/mol. The summed E-state index contributed by atoms with van der Waals surface area (Å²) in [6.07, 6.45) is 3.85. The van der Waals surface area contributed by atoms with Gasteiger partial charge in [-0.1, -0.05) is 36.4 Å². The Morgan fingerprint density at radius 1 is 1.10 bits per heavy atom. The van der Waals surface area contributed by atoms with Gasteiger partial charge in [-0.15, -0.1) is 0 Å². The van der Waals surface area contributed by atoms with Gasteiger partial charge in [-0.25, -0.2) is 15.0 Å². The Labute approximate surface area is 176 Å². The molecule has 0 aliphatic heterocycles. The third kappa shape index (κ3) is 4.09. The zero-order chi connectivity index (χ0) is 21.3. The van der Waals surface area contributed by atoms with Crippen LogP contribution in [0.15, 0.2) is 67.1 Å². The summed E-state index contributed by atoms with van der Waals surface area (Å²) in [7, 11) is 2.03. The van der Waals surface area contributed by atoms with Crippen molar-refractivity contribution in [3.63, 3.8) is 0 Å². The van der Waals surface area contributed by atoms with Crippen LogP contribution in [0.5, 0.6) is 0 Å². The minimum Gasteiger partial charge on any atom is -0.401 e. The van der Waals surface area contributed by atoms with Gasteiger partial charge in [0.05, 0.1) is 17.1 Å². The molecular weight excluding hydrogens is 372 g/mol. The first-order chi connectivity index (χ1) is 14.4. The van der Waals surface area contributed by atoms with Crippen LogP contribution in [-0.2, 0) is 6.54 Å². The number of fused-ring (bicyclic) bond motifs is 1. The highest BCUT2D eigenvalue weighted by Crippen LogP contribution is 2.32. The third-order valence-corrected chi connectivity index (χ3v) is 4.96. The lowest BCUT2D eigenvalue weighted by molar-refractivity contribution is 0.354. The van der Waals surface area contributed by atoms with Crippen molar-refractivity contribution in [1.29, 1.82) is 0 Å². The second kappa shape index (κ2) is 8.08. The van der Waals surface area contributed by atoms with Crippen LogP contribution in [0.4, 0.5) is 0 Å². The van der Waals surface area contributed by atoms with Crippen LogP contribution in [0.1, 0.15) is 17.0 Å². The van der Waals surface area contributed by atoms with E-state index in [0.29, 0.717) is 12.2 Å². The van der Waals surface area contributed by atoms with Crippen LogP contribution >= 0.6 is 0 Å². The topological polar surface area (TPSA) is 72.3 Å². The summed E-state index contributed by atoms with van der Waals surface area (Å²) >= 11 is 0. The molecule has 0 fully saturated rings. The van der Waals surface area contributed by atoms with Crippen molar-refractivity contribution >= 4 is 5.65 Å². The predicted molar refractivity (Wildman–Crippen MR) is 121 cm³/mol. The van der Waals surface area contributed by atoms with Gasteiger partial charge in [-0.3, -0.25) is 9.30 Å². The number of rotatable bonds is 6. The molecule has 0 unspecified atom stereocenters. The lowest BCUT2D eigenvalue weighted by Crippen LogP contribution is -2.23. The Morgan fingerprint density at radius 3 is 2.57 bits per heavy atom. The molecule has 1 aromatic carbocycles. The molecule has 0 radical (unpaired) electrons. The van der Waals surface area contributed by atoms with Gasteiger partial charge in [-0.2, -0.15) is 0 Å². The van der Waals surface area contributed by atoms with Crippen LogP contribution in [0, 0.1) is 13.8 Å². The normalized spacial score (nSPS) is 11.3. The van der Waals surface area contributed by atoms with Crippen molar-refractivity contribution in [1.82, 2.24) is 24.3 Å². The minimum absolute atomic E-state index is 0.652. The summed E-state index contributed by atoms with van der Waals surface area (Å²) in [5.74, 6) is 0.734. The van der Waals surface area contributed by atoms with E-state index in [0.717, 1.165) is 46.2 Å². The van der Waals surface area contributed by atoms with Crippen LogP contribution in [-0.4, -0.2) is 37.8 Å². The highest BCUT2D eigenvalue weighted by atomic mass is 15.1. The average Bonchev–Trinajstić information content (AvgIpc) is 3.06. The zero-order valence-electron chi connectivity index (χ0n) is 17.6. The maximum atomic E-state index is 5.75. The fraction of sp³-hybridized carbons (Fsp3) is 0.208. The molecule has 4 aromatic rings. The van der Waals surface area contributed by atoms with Gasteiger partial charge < -0.3 is 5.73 Å². The maximum absolute atomic E-state index is 5.75. The second-order valence-corrected chi connectivity index (χ2v) is 7.76. The number of pyridine rings is 1. The minimum atomic E-state index is 0.652. The highest BCUT2D eigenvalue weighted by molar-refractivity contribution is 5.80. The molecule has 0 saturated carbocycles. The molecule has 6 nitrogen and oxygen atoms in total. The molecule has 3 heterocycles. The predicted octanol–water partition coefficient (Wildman–Crippen LogP) is 3.98. The summed E-state index contributed by atoms with van der Waals surface area (Å²) in [5, 5.41) is 0. The molecular formula is C24H26N6. The van der Waals surface area contributed by atoms with Crippen molar-refractivity contribution in [2.75, 3.05) is 13.6 Å². The van der Waals surface area contributed by atoms with Crippen LogP contribution in [0.25, 0.3) is 28.3 Å². The Hall–Kier alpha value is -3.51. The number of imidazole rings is 1. The molecule has 0 saturated heterocycles. The number of aryl methyl sites for hydroxylation is 2. The van der Waals surface area contributed by atoms with Crippen molar-refractivity contribution in [2.24, 2.45) is 5.73 Å². The maximum Gasteiger partial charge on any atom is 0.138 e. The number of likely N-dealkylation sites (N-methyl/N-ethyl adjacent to an activating group) is 1. The summed E-state index contributed by atoms with van der Waals surface area (Å²) in [5.41, 5.74) is 13.5. The molecule has 2 N–H and O–H groups in total. The van der Waals surface area contributed by atoms with E-state index < -0.39 is 0 Å². The van der Waals surface area contributed by atoms with Crippen LogP contribution in [0.3, 0.4) is 0 Å². The van der Waals surface area contributed by atoms with Crippen molar-refractivity contribution in [3.8, 4) is 22.6 Å². The van der Waals surface area contributed by atoms with E-state index in [1.165, 1.54) is 5.56 Å². The quantitative estimate of drug-likeness (QED) is 0.532. The molecule has 0 amide bonds. The second-order valence-electron chi connectivity index (χ2n) is 7.76. The van der Waals surface area contributed by atoms with E-state index in [2.05, 4.69) is 75.4 Å². The van der Waals surface area contributed by atoms with E-state index in [-0.39, 0.29) is 0 Å². The fourth-order valence-corrected chi connectivity index (χ4v) is 3.65. The van der Waals surface area contributed by atoms with Crippen LogP contribution in [0.2, 0.25) is 0 Å². The molecule has 0 aliphatic carbocycles. The summed E-state index contributed by atoms with van der Waals surface area (Å²) in [6.45, 7) is 9.19. The first-order valence-corrected chi connectivity index (χ1v) is 9.90.